The molecular weight excluding hydrogens is 268 g/mol. The Morgan fingerprint density at radius 3 is 2.76 bits per heavy atom. The molecule has 2 aromatic rings. The van der Waals surface area contributed by atoms with Crippen molar-refractivity contribution in [3.8, 4) is 5.75 Å². The third-order valence-corrected chi connectivity index (χ3v) is 2.97. The van der Waals surface area contributed by atoms with E-state index in [0.717, 1.165) is 12.2 Å². The van der Waals surface area contributed by atoms with Crippen LogP contribution in [0, 0.1) is 0 Å². The molecule has 1 N–H and O–H groups in total. The summed E-state index contributed by atoms with van der Waals surface area (Å²) in [6, 6.07) is 7.28. The number of hydrogen-bond donors (Lipinski definition) is 1. The number of nitrogens with one attached hydrogen (secondary N) is 1. The largest absolute Gasteiger partial charge is 0.497 e. The van der Waals surface area contributed by atoms with Gasteiger partial charge in [-0.15, -0.1) is 0 Å². The lowest BCUT2D eigenvalue weighted by Gasteiger charge is -2.17. The summed E-state index contributed by atoms with van der Waals surface area (Å²) in [4.78, 5) is 22.2. The number of nitrogens with zero attached hydrogens (tertiary/aromatic N) is 3. The van der Waals surface area contributed by atoms with Gasteiger partial charge in [0.2, 0.25) is 0 Å². The van der Waals surface area contributed by atoms with E-state index >= 15 is 0 Å². The second kappa shape index (κ2) is 6.69. The monoisotopic (exact) mass is 286 g/mol. The highest BCUT2D eigenvalue weighted by atomic mass is 16.5. The number of methoxy groups -OCH3 is 1. The molecule has 0 spiro atoms. The van der Waals surface area contributed by atoms with E-state index < -0.39 is 0 Å². The Bertz CT molecular complexity index is 613. The van der Waals surface area contributed by atoms with Crippen LogP contribution in [0.5, 0.6) is 5.75 Å². The van der Waals surface area contributed by atoms with Crippen molar-refractivity contribution < 1.29 is 9.53 Å². The second-order valence-electron chi connectivity index (χ2n) is 4.38. The molecule has 0 saturated heterocycles. The molecule has 0 unspecified atom stereocenters. The maximum absolute atomic E-state index is 12.4. The van der Waals surface area contributed by atoms with Gasteiger partial charge in [0.25, 0.3) is 5.91 Å². The summed E-state index contributed by atoms with van der Waals surface area (Å²) in [7, 11) is 3.28. The third kappa shape index (κ3) is 3.47. The van der Waals surface area contributed by atoms with Crippen LogP contribution in [-0.4, -0.2) is 36.6 Å². The van der Waals surface area contributed by atoms with Crippen molar-refractivity contribution in [2.24, 2.45) is 0 Å². The van der Waals surface area contributed by atoms with Gasteiger partial charge in [0.1, 0.15) is 17.3 Å². The minimum absolute atomic E-state index is 0.223. The minimum Gasteiger partial charge on any atom is -0.497 e. The normalized spacial score (nSPS) is 10.0. The van der Waals surface area contributed by atoms with Crippen molar-refractivity contribution in [2.45, 2.75) is 6.92 Å². The molecule has 0 bridgehead atoms. The zero-order valence-electron chi connectivity index (χ0n) is 12.3. The predicted molar refractivity (Wildman–Crippen MR) is 81.9 cm³/mol. The Morgan fingerprint density at radius 1 is 1.33 bits per heavy atom. The highest BCUT2D eigenvalue weighted by molar-refractivity contribution is 6.04. The van der Waals surface area contributed by atoms with Crippen molar-refractivity contribution in [2.75, 3.05) is 30.9 Å². The van der Waals surface area contributed by atoms with Gasteiger partial charge in [0.05, 0.1) is 19.5 Å². The molecule has 110 valence electrons. The lowest BCUT2D eigenvalue weighted by atomic mass is 10.2. The van der Waals surface area contributed by atoms with Gasteiger partial charge in [-0.2, -0.15) is 0 Å². The fourth-order valence-corrected chi connectivity index (χ4v) is 1.82. The van der Waals surface area contributed by atoms with E-state index in [1.54, 1.807) is 26.4 Å². The zero-order valence-corrected chi connectivity index (χ0v) is 12.3. The summed E-state index contributed by atoms with van der Waals surface area (Å²) in [6.45, 7) is 2.73. The van der Waals surface area contributed by atoms with Crippen LogP contribution < -0.4 is 15.0 Å². The molecule has 1 amide bonds. The van der Waals surface area contributed by atoms with Crippen molar-refractivity contribution in [3.63, 3.8) is 0 Å². The number of rotatable bonds is 5. The quantitative estimate of drug-likeness (QED) is 0.912. The van der Waals surface area contributed by atoms with Crippen LogP contribution in [0.15, 0.2) is 36.7 Å². The van der Waals surface area contributed by atoms with Crippen LogP contribution in [0.3, 0.4) is 0 Å². The van der Waals surface area contributed by atoms with Gasteiger partial charge in [-0.3, -0.25) is 4.79 Å². The summed E-state index contributed by atoms with van der Waals surface area (Å²) in [5, 5.41) is 3.03. The van der Waals surface area contributed by atoms with E-state index in [0.29, 0.717) is 17.3 Å². The number of carbonyl (C=O) groups excluding carboxylic acids is 1. The first kappa shape index (κ1) is 14.8. The van der Waals surface area contributed by atoms with Gasteiger partial charge in [0, 0.05) is 25.3 Å². The summed E-state index contributed by atoms with van der Waals surface area (Å²) in [5.74, 6) is 1.12. The average molecular weight is 286 g/mol. The molecule has 6 heteroatoms. The Balaban J connectivity index is 2.17. The molecule has 21 heavy (non-hydrogen) atoms. The van der Waals surface area contributed by atoms with Crippen molar-refractivity contribution in [3.05, 3.63) is 42.4 Å². The molecule has 0 aliphatic heterocycles. The number of carbonyl (C=O) groups is 1. The van der Waals surface area contributed by atoms with Crippen LogP contribution in [0.1, 0.15) is 17.4 Å². The molecule has 0 aliphatic rings. The fraction of sp³-hybridized carbons (Fsp3) is 0.267. The molecule has 0 saturated carbocycles. The summed E-state index contributed by atoms with van der Waals surface area (Å²) >= 11 is 0. The Hall–Kier alpha value is -2.63. The molecule has 0 fully saturated rings. The number of anilines is 2. The topological polar surface area (TPSA) is 67.4 Å². The van der Waals surface area contributed by atoms with Crippen LogP contribution in [0.2, 0.25) is 0 Å². The van der Waals surface area contributed by atoms with Crippen molar-refractivity contribution in [1.82, 2.24) is 9.97 Å². The van der Waals surface area contributed by atoms with E-state index in [2.05, 4.69) is 15.3 Å². The molecule has 2 rings (SSSR count). The SMILES string of the molecule is CCNc1cnc(C(=O)N(C)c2cccc(OC)c2)cn1. The lowest BCUT2D eigenvalue weighted by Crippen LogP contribution is -2.27. The molecule has 0 radical (unpaired) electrons. The summed E-state index contributed by atoms with van der Waals surface area (Å²) in [6.07, 6.45) is 3.02. The standard InChI is InChI=1S/C15H18N4O2/c1-4-16-14-10-17-13(9-18-14)15(20)19(2)11-6-5-7-12(8-11)21-3/h5-10H,4H2,1-3H3,(H,16,18). The smallest absolute Gasteiger partial charge is 0.278 e. The van der Waals surface area contributed by atoms with Gasteiger partial charge in [0.15, 0.2) is 0 Å². The predicted octanol–water partition coefficient (Wildman–Crippen LogP) is 2.19. The molecular formula is C15H18N4O2. The fourth-order valence-electron chi connectivity index (χ4n) is 1.82. The summed E-state index contributed by atoms with van der Waals surface area (Å²) in [5.41, 5.74) is 1.03. The maximum Gasteiger partial charge on any atom is 0.278 e. The molecule has 1 aromatic heterocycles. The van der Waals surface area contributed by atoms with Gasteiger partial charge in [-0.05, 0) is 19.1 Å². The van der Waals surface area contributed by atoms with E-state index in [-0.39, 0.29) is 5.91 Å². The Morgan fingerprint density at radius 2 is 2.14 bits per heavy atom. The van der Waals surface area contributed by atoms with Gasteiger partial charge < -0.3 is 15.0 Å². The Kier molecular flexibility index (Phi) is 4.71. The van der Waals surface area contributed by atoms with Gasteiger partial charge in [-0.1, -0.05) is 6.07 Å². The second-order valence-corrected chi connectivity index (χ2v) is 4.38. The van der Waals surface area contributed by atoms with Crippen molar-refractivity contribution in [1.29, 1.82) is 0 Å². The van der Waals surface area contributed by atoms with E-state index in [1.807, 2.05) is 25.1 Å². The number of amides is 1. The average Bonchev–Trinajstić information content (AvgIpc) is 2.54. The summed E-state index contributed by atoms with van der Waals surface area (Å²) < 4.78 is 5.16. The molecule has 6 nitrogen and oxygen atoms in total. The minimum atomic E-state index is -0.223. The van der Waals surface area contributed by atoms with Gasteiger partial charge in [-0.25, -0.2) is 9.97 Å². The highest BCUT2D eigenvalue weighted by Crippen LogP contribution is 2.21. The first-order valence-corrected chi connectivity index (χ1v) is 6.63. The first-order chi connectivity index (χ1) is 10.2. The number of aromatic nitrogens is 2. The zero-order chi connectivity index (χ0) is 15.2. The number of ether oxygens (including phenoxy) is 1. The number of benzene rings is 1. The third-order valence-electron chi connectivity index (χ3n) is 2.97. The van der Waals surface area contributed by atoms with E-state index in [1.165, 1.54) is 11.1 Å². The molecule has 0 atom stereocenters. The van der Waals surface area contributed by atoms with E-state index in [4.69, 9.17) is 4.74 Å². The van der Waals surface area contributed by atoms with Crippen molar-refractivity contribution >= 4 is 17.4 Å². The molecule has 1 heterocycles. The first-order valence-electron chi connectivity index (χ1n) is 6.63. The Labute approximate surface area is 123 Å². The van der Waals surface area contributed by atoms with Gasteiger partial charge >= 0.3 is 0 Å². The number of hydrogen-bond acceptors (Lipinski definition) is 5. The van der Waals surface area contributed by atoms with E-state index in [9.17, 15) is 4.79 Å². The highest BCUT2D eigenvalue weighted by Gasteiger charge is 2.15. The van der Waals surface area contributed by atoms with Crippen LogP contribution in [0.25, 0.3) is 0 Å². The van der Waals surface area contributed by atoms with Crippen LogP contribution in [0.4, 0.5) is 11.5 Å². The maximum atomic E-state index is 12.4. The van der Waals surface area contributed by atoms with Crippen LogP contribution >= 0.6 is 0 Å². The lowest BCUT2D eigenvalue weighted by molar-refractivity contribution is 0.0988. The molecule has 0 aliphatic carbocycles. The van der Waals surface area contributed by atoms with Crippen LogP contribution in [-0.2, 0) is 0 Å². The molecule has 1 aromatic carbocycles.